The molecule has 5 heteroatoms. The normalized spacial score (nSPS) is 10.4. The Bertz CT molecular complexity index is 873. The summed E-state index contributed by atoms with van der Waals surface area (Å²) in [5.41, 5.74) is 4.52. The van der Waals surface area contributed by atoms with Gasteiger partial charge in [-0.05, 0) is 42.2 Å². The monoisotopic (exact) mass is 346 g/mol. The van der Waals surface area contributed by atoms with Crippen LogP contribution in [-0.4, -0.2) is 15.9 Å². The van der Waals surface area contributed by atoms with Crippen LogP contribution in [0.3, 0.4) is 0 Å². The minimum absolute atomic E-state index is 0.218. The Hall–Kier alpha value is -3.21. The molecule has 1 aromatic heterocycles. The maximum Gasteiger partial charge on any atom is 0.258 e. The van der Waals surface area contributed by atoms with Crippen LogP contribution in [0, 0.1) is 0 Å². The number of nitrogens with one attached hydrogen (secondary N) is 2. The largest absolute Gasteiger partial charge is 0.324 e. The number of carbonyl (C=O) groups excluding carboxylic acids is 1. The van der Waals surface area contributed by atoms with Crippen LogP contribution in [0.25, 0.3) is 0 Å². The Morgan fingerprint density at radius 3 is 2.27 bits per heavy atom. The molecule has 0 aliphatic rings. The summed E-state index contributed by atoms with van der Waals surface area (Å²) in [5, 5.41) is 6.06. The third-order valence-electron chi connectivity index (χ3n) is 4.18. The molecule has 0 radical (unpaired) electrons. The number of rotatable bonds is 6. The molecule has 0 saturated heterocycles. The second-order valence-electron chi connectivity index (χ2n) is 5.94. The number of amides is 1. The van der Waals surface area contributed by atoms with Gasteiger partial charge in [0.25, 0.3) is 5.91 Å². The van der Waals surface area contributed by atoms with Gasteiger partial charge in [-0.3, -0.25) is 4.79 Å². The molecule has 0 unspecified atom stereocenters. The third-order valence-corrected chi connectivity index (χ3v) is 4.18. The van der Waals surface area contributed by atoms with E-state index in [9.17, 15) is 4.79 Å². The van der Waals surface area contributed by atoms with Crippen LogP contribution in [0.15, 0.2) is 60.9 Å². The van der Waals surface area contributed by atoms with E-state index >= 15 is 0 Å². The van der Waals surface area contributed by atoms with E-state index in [4.69, 9.17) is 0 Å². The zero-order valence-electron chi connectivity index (χ0n) is 15.0. The molecule has 3 rings (SSSR count). The Balaban J connectivity index is 1.67. The van der Waals surface area contributed by atoms with Crippen molar-refractivity contribution in [2.24, 2.45) is 0 Å². The van der Waals surface area contributed by atoms with E-state index in [-0.39, 0.29) is 5.91 Å². The first-order valence-electron chi connectivity index (χ1n) is 8.77. The summed E-state index contributed by atoms with van der Waals surface area (Å²) in [5.74, 6) is 0.240. The first-order valence-corrected chi connectivity index (χ1v) is 8.77. The Morgan fingerprint density at radius 1 is 0.923 bits per heavy atom. The fourth-order valence-electron chi connectivity index (χ4n) is 2.61. The van der Waals surface area contributed by atoms with Gasteiger partial charge in [-0.15, -0.1) is 0 Å². The fraction of sp³-hybridized carbons (Fsp3) is 0.190. The average Bonchev–Trinajstić information content (AvgIpc) is 2.69. The molecular formula is C21H22N4O. The Kier molecular flexibility index (Phi) is 5.59. The van der Waals surface area contributed by atoms with E-state index in [1.807, 2.05) is 36.4 Å². The summed E-state index contributed by atoms with van der Waals surface area (Å²) in [6.45, 7) is 4.18. The summed E-state index contributed by atoms with van der Waals surface area (Å²) in [7, 11) is 0. The molecule has 2 aromatic carbocycles. The van der Waals surface area contributed by atoms with E-state index in [0.717, 1.165) is 29.8 Å². The number of hydrogen-bond donors (Lipinski definition) is 2. The maximum absolute atomic E-state index is 12.4. The molecule has 26 heavy (non-hydrogen) atoms. The summed E-state index contributed by atoms with van der Waals surface area (Å²) in [6, 6.07) is 15.9. The number of benzene rings is 2. The van der Waals surface area contributed by atoms with Gasteiger partial charge in [-0.2, -0.15) is 0 Å². The lowest BCUT2D eigenvalue weighted by molar-refractivity contribution is 0.102. The van der Waals surface area contributed by atoms with E-state index < -0.39 is 0 Å². The van der Waals surface area contributed by atoms with Crippen LogP contribution >= 0.6 is 0 Å². The molecule has 132 valence electrons. The zero-order valence-corrected chi connectivity index (χ0v) is 15.0. The number of anilines is 3. The van der Waals surface area contributed by atoms with Gasteiger partial charge < -0.3 is 10.6 Å². The van der Waals surface area contributed by atoms with Crippen molar-refractivity contribution in [2.75, 3.05) is 10.6 Å². The van der Waals surface area contributed by atoms with Crippen molar-refractivity contribution in [3.63, 3.8) is 0 Å². The second-order valence-corrected chi connectivity index (χ2v) is 5.94. The van der Waals surface area contributed by atoms with Crippen LogP contribution < -0.4 is 10.6 Å². The topological polar surface area (TPSA) is 66.9 Å². The molecule has 0 atom stereocenters. The molecule has 0 aliphatic heterocycles. The highest BCUT2D eigenvalue weighted by Crippen LogP contribution is 2.17. The molecule has 0 bridgehead atoms. The number of aromatic nitrogens is 2. The second kappa shape index (κ2) is 8.25. The summed E-state index contributed by atoms with van der Waals surface area (Å²) in [4.78, 5) is 20.9. The lowest BCUT2D eigenvalue weighted by atomic mass is 10.1. The molecule has 3 aromatic rings. The molecule has 1 amide bonds. The lowest BCUT2D eigenvalue weighted by Crippen LogP contribution is -2.14. The number of aryl methyl sites for hydroxylation is 2. The Morgan fingerprint density at radius 2 is 1.62 bits per heavy atom. The van der Waals surface area contributed by atoms with Gasteiger partial charge in [0.2, 0.25) is 5.95 Å². The van der Waals surface area contributed by atoms with Crippen molar-refractivity contribution in [1.82, 2.24) is 9.97 Å². The van der Waals surface area contributed by atoms with Crippen molar-refractivity contribution in [3.05, 3.63) is 77.6 Å². The summed E-state index contributed by atoms with van der Waals surface area (Å²) in [6.07, 6.45) is 4.91. The molecule has 5 nitrogen and oxygen atoms in total. The van der Waals surface area contributed by atoms with Gasteiger partial charge in [0.1, 0.15) is 0 Å². The van der Waals surface area contributed by atoms with E-state index in [1.165, 1.54) is 18.0 Å². The van der Waals surface area contributed by atoms with Crippen LogP contribution in [0.5, 0.6) is 0 Å². The highest BCUT2D eigenvalue weighted by atomic mass is 16.1. The molecule has 0 spiro atoms. The van der Waals surface area contributed by atoms with Crippen LogP contribution in [0.1, 0.15) is 35.3 Å². The predicted molar refractivity (Wildman–Crippen MR) is 105 cm³/mol. The number of para-hydroxylation sites is 1. The first kappa shape index (κ1) is 17.6. The standard InChI is InChI=1S/C21H22N4O/c1-3-15-9-11-18(12-10-15)24-21-22-13-17(14-23-21)20(26)25-19-8-6-5-7-16(19)4-2/h5-14H,3-4H2,1-2H3,(H,25,26)(H,22,23,24). The molecule has 0 fully saturated rings. The lowest BCUT2D eigenvalue weighted by Gasteiger charge is -2.10. The first-order chi connectivity index (χ1) is 12.7. The number of hydrogen-bond acceptors (Lipinski definition) is 4. The van der Waals surface area contributed by atoms with Crippen molar-refractivity contribution < 1.29 is 4.79 Å². The zero-order chi connectivity index (χ0) is 18.4. The predicted octanol–water partition coefficient (Wildman–Crippen LogP) is 4.60. The molecular weight excluding hydrogens is 324 g/mol. The van der Waals surface area contributed by atoms with Gasteiger partial charge in [0.15, 0.2) is 0 Å². The number of carbonyl (C=O) groups is 1. The molecule has 2 N–H and O–H groups in total. The molecule has 0 aliphatic carbocycles. The van der Waals surface area contributed by atoms with Crippen molar-refractivity contribution in [2.45, 2.75) is 26.7 Å². The molecule has 0 saturated carbocycles. The van der Waals surface area contributed by atoms with Crippen molar-refractivity contribution in [1.29, 1.82) is 0 Å². The number of nitrogens with zero attached hydrogens (tertiary/aromatic N) is 2. The maximum atomic E-state index is 12.4. The third kappa shape index (κ3) is 4.25. The van der Waals surface area contributed by atoms with E-state index in [0.29, 0.717) is 11.5 Å². The van der Waals surface area contributed by atoms with Crippen molar-refractivity contribution >= 4 is 23.2 Å². The minimum Gasteiger partial charge on any atom is -0.324 e. The summed E-state index contributed by atoms with van der Waals surface area (Å²) >= 11 is 0. The highest BCUT2D eigenvalue weighted by Gasteiger charge is 2.09. The van der Waals surface area contributed by atoms with Gasteiger partial charge >= 0.3 is 0 Å². The van der Waals surface area contributed by atoms with Gasteiger partial charge in [-0.25, -0.2) is 9.97 Å². The summed E-state index contributed by atoms with van der Waals surface area (Å²) < 4.78 is 0. The average molecular weight is 346 g/mol. The minimum atomic E-state index is -0.218. The van der Waals surface area contributed by atoms with Crippen LogP contribution in [0.4, 0.5) is 17.3 Å². The Labute approximate surface area is 153 Å². The fourth-order valence-corrected chi connectivity index (χ4v) is 2.61. The van der Waals surface area contributed by atoms with Gasteiger partial charge in [0.05, 0.1) is 5.56 Å². The SMILES string of the molecule is CCc1ccc(Nc2ncc(C(=O)Nc3ccccc3CC)cn2)cc1. The smallest absolute Gasteiger partial charge is 0.258 e. The molecule has 1 heterocycles. The van der Waals surface area contributed by atoms with Crippen LogP contribution in [0.2, 0.25) is 0 Å². The van der Waals surface area contributed by atoms with Crippen molar-refractivity contribution in [3.8, 4) is 0 Å². The van der Waals surface area contributed by atoms with Gasteiger partial charge in [0, 0.05) is 23.8 Å². The van der Waals surface area contributed by atoms with Crippen LogP contribution in [-0.2, 0) is 12.8 Å². The van der Waals surface area contributed by atoms with Gasteiger partial charge in [-0.1, -0.05) is 44.2 Å². The van der Waals surface area contributed by atoms with E-state index in [1.54, 1.807) is 0 Å². The quantitative estimate of drug-likeness (QED) is 0.685. The van der Waals surface area contributed by atoms with E-state index in [2.05, 4.69) is 46.6 Å². The highest BCUT2D eigenvalue weighted by molar-refractivity contribution is 6.04.